The molecule has 0 saturated carbocycles. The van der Waals surface area contributed by atoms with Gasteiger partial charge in [-0.05, 0) is 30.7 Å². The fourth-order valence-corrected chi connectivity index (χ4v) is 2.25. The first-order valence-corrected chi connectivity index (χ1v) is 8.11. The van der Waals surface area contributed by atoms with Gasteiger partial charge in [-0.3, -0.25) is 0 Å². The van der Waals surface area contributed by atoms with Crippen LogP contribution in [0.15, 0.2) is 78.4 Å². The first kappa shape index (κ1) is 17.8. The van der Waals surface area contributed by atoms with Crippen molar-refractivity contribution in [3.63, 3.8) is 0 Å². The minimum atomic E-state index is -0.663. The molecule has 0 N–H and O–H groups in total. The van der Waals surface area contributed by atoms with Crippen LogP contribution in [0.3, 0.4) is 0 Å². The van der Waals surface area contributed by atoms with Gasteiger partial charge < -0.3 is 9.47 Å². The Morgan fingerprint density at radius 2 is 1.81 bits per heavy atom. The van der Waals surface area contributed by atoms with Crippen molar-refractivity contribution >= 4 is 11.9 Å². The average Bonchev–Trinajstić information content (AvgIpc) is 2.98. The number of allylic oxidation sites excluding steroid dienone is 4. The van der Waals surface area contributed by atoms with Crippen molar-refractivity contribution in [2.24, 2.45) is 0 Å². The van der Waals surface area contributed by atoms with Crippen molar-refractivity contribution in [1.82, 2.24) is 4.98 Å². The van der Waals surface area contributed by atoms with Crippen LogP contribution in [0.5, 0.6) is 11.8 Å². The summed E-state index contributed by atoms with van der Waals surface area (Å²) in [6.07, 6.45) is 9.43. The second-order valence-corrected chi connectivity index (χ2v) is 5.44. The van der Waals surface area contributed by atoms with E-state index in [2.05, 4.69) is 4.98 Å². The molecule has 0 amide bonds. The van der Waals surface area contributed by atoms with Gasteiger partial charge in [-0.15, -0.1) is 0 Å². The lowest BCUT2D eigenvalue weighted by Gasteiger charge is -2.08. The van der Waals surface area contributed by atoms with Crippen LogP contribution in [0.1, 0.15) is 22.3 Å². The molecule has 1 heterocycles. The van der Waals surface area contributed by atoms with Gasteiger partial charge in [-0.1, -0.05) is 42.5 Å². The highest BCUT2D eigenvalue weighted by Gasteiger charge is 2.16. The first-order chi connectivity index (χ1) is 13.2. The molecule has 1 aliphatic rings. The number of pyridine rings is 1. The van der Waals surface area contributed by atoms with Crippen LogP contribution < -0.4 is 9.47 Å². The zero-order valence-electron chi connectivity index (χ0n) is 14.2. The lowest BCUT2D eigenvalue weighted by Crippen LogP contribution is -2.13. The predicted octanol–water partition coefficient (Wildman–Crippen LogP) is 3.52. The molecular weight excluding hydrogens is 344 g/mol. The summed E-state index contributed by atoms with van der Waals surface area (Å²) in [5.41, 5.74) is 0.748. The lowest BCUT2D eigenvalue weighted by atomic mass is 10.2. The number of carbonyl (C=O) groups is 2. The van der Waals surface area contributed by atoms with E-state index in [1.165, 1.54) is 12.1 Å². The molecule has 1 aromatic heterocycles. The van der Waals surface area contributed by atoms with Crippen LogP contribution in [0.2, 0.25) is 0 Å². The summed E-state index contributed by atoms with van der Waals surface area (Å²) in [6, 6.07) is 12.9. The van der Waals surface area contributed by atoms with Gasteiger partial charge in [0, 0.05) is 6.07 Å². The van der Waals surface area contributed by atoms with Gasteiger partial charge in [-0.25, -0.2) is 9.59 Å². The SMILES string of the molecule is N#Cc1ccc(OC(=O)C2=CCC=CC=C2)nc1OC(=O)c1ccccc1. The molecular formula is C21H14N2O4. The number of esters is 2. The standard InChI is InChI=1S/C21H14N2O4/c22-14-17-12-13-18(26-20(24)15-8-4-1-2-5-9-15)23-19(17)27-21(25)16-10-6-3-7-11-16/h1-4,6-13H,5H2. The van der Waals surface area contributed by atoms with Gasteiger partial charge in [-0.2, -0.15) is 10.2 Å². The summed E-state index contributed by atoms with van der Waals surface area (Å²) >= 11 is 0. The number of nitriles is 1. The highest BCUT2D eigenvalue weighted by molar-refractivity contribution is 5.93. The van der Waals surface area contributed by atoms with Gasteiger partial charge in [0.1, 0.15) is 11.6 Å². The van der Waals surface area contributed by atoms with Crippen molar-refractivity contribution in [2.45, 2.75) is 6.42 Å². The topological polar surface area (TPSA) is 89.3 Å². The molecule has 1 aliphatic carbocycles. The molecule has 0 radical (unpaired) electrons. The number of ether oxygens (including phenoxy) is 2. The highest BCUT2D eigenvalue weighted by atomic mass is 16.6. The molecule has 6 nitrogen and oxygen atoms in total. The molecule has 27 heavy (non-hydrogen) atoms. The Hall–Kier alpha value is -3.98. The third-order valence-electron chi connectivity index (χ3n) is 3.58. The van der Waals surface area contributed by atoms with Gasteiger partial charge in [0.2, 0.25) is 11.8 Å². The van der Waals surface area contributed by atoms with E-state index in [-0.39, 0.29) is 17.3 Å². The van der Waals surface area contributed by atoms with E-state index in [9.17, 15) is 14.9 Å². The maximum Gasteiger partial charge on any atom is 0.344 e. The van der Waals surface area contributed by atoms with Gasteiger partial charge >= 0.3 is 11.9 Å². The van der Waals surface area contributed by atoms with E-state index >= 15 is 0 Å². The van der Waals surface area contributed by atoms with Crippen LogP contribution in [-0.2, 0) is 4.79 Å². The zero-order chi connectivity index (χ0) is 19.1. The smallest absolute Gasteiger partial charge is 0.344 e. The number of nitrogens with zero attached hydrogens (tertiary/aromatic N) is 2. The van der Waals surface area contributed by atoms with E-state index in [1.54, 1.807) is 48.6 Å². The van der Waals surface area contributed by atoms with Crippen LogP contribution >= 0.6 is 0 Å². The van der Waals surface area contributed by atoms with E-state index in [1.807, 2.05) is 18.2 Å². The Bertz CT molecular complexity index is 999. The Labute approximate surface area is 155 Å². The number of aromatic nitrogens is 1. The number of hydrogen-bond acceptors (Lipinski definition) is 6. The predicted molar refractivity (Wildman–Crippen MR) is 97.0 cm³/mol. The second kappa shape index (κ2) is 8.41. The number of benzene rings is 1. The summed E-state index contributed by atoms with van der Waals surface area (Å²) < 4.78 is 10.4. The molecule has 0 spiro atoms. The fraction of sp³-hybridized carbons (Fsp3) is 0.0476. The third-order valence-corrected chi connectivity index (χ3v) is 3.58. The summed E-state index contributed by atoms with van der Waals surface area (Å²) in [5.74, 6) is -1.54. The normalized spacial score (nSPS) is 12.5. The third kappa shape index (κ3) is 4.55. The minimum absolute atomic E-state index is 0.0526. The quantitative estimate of drug-likeness (QED) is 0.777. The lowest BCUT2D eigenvalue weighted by molar-refractivity contribution is -0.130. The summed E-state index contributed by atoms with van der Waals surface area (Å²) in [6.45, 7) is 0. The van der Waals surface area contributed by atoms with Crippen molar-refractivity contribution < 1.29 is 19.1 Å². The molecule has 1 aromatic carbocycles. The summed E-state index contributed by atoms with van der Waals surface area (Å²) in [7, 11) is 0. The molecule has 132 valence electrons. The molecule has 0 atom stereocenters. The molecule has 2 aromatic rings. The molecule has 0 unspecified atom stereocenters. The Balaban J connectivity index is 1.79. The first-order valence-electron chi connectivity index (χ1n) is 8.11. The van der Waals surface area contributed by atoms with Crippen molar-refractivity contribution in [3.8, 4) is 17.8 Å². The van der Waals surface area contributed by atoms with Crippen LogP contribution in [0, 0.1) is 11.3 Å². The van der Waals surface area contributed by atoms with Crippen molar-refractivity contribution in [3.05, 3.63) is 89.5 Å². The monoisotopic (exact) mass is 358 g/mol. The molecule has 0 bridgehead atoms. The summed E-state index contributed by atoms with van der Waals surface area (Å²) in [5, 5.41) is 9.20. The Morgan fingerprint density at radius 1 is 1.00 bits per heavy atom. The summed E-state index contributed by atoms with van der Waals surface area (Å²) in [4.78, 5) is 28.4. The molecule has 0 fully saturated rings. The number of carbonyl (C=O) groups excluding carboxylic acids is 2. The van der Waals surface area contributed by atoms with E-state index in [4.69, 9.17) is 9.47 Å². The number of rotatable bonds is 4. The van der Waals surface area contributed by atoms with Crippen LogP contribution in [0.4, 0.5) is 0 Å². The van der Waals surface area contributed by atoms with Gasteiger partial charge in [0.25, 0.3) is 0 Å². The minimum Gasteiger partial charge on any atom is -0.404 e. The zero-order valence-corrected chi connectivity index (χ0v) is 14.2. The van der Waals surface area contributed by atoms with E-state index in [0.29, 0.717) is 17.6 Å². The molecule has 0 saturated heterocycles. The highest BCUT2D eigenvalue weighted by Crippen LogP contribution is 2.21. The van der Waals surface area contributed by atoms with Crippen molar-refractivity contribution in [2.75, 3.05) is 0 Å². The van der Waals surface area contributed by atoms with Crippen molar-refractivity contribution in [1.29, 1.82) is 5.26 Å². The largest absolute Gasteiger partial charge is 0.404 e. The van der Waals surface area contributed by atoms with Crippen LogP contribution in [0.25, 0.3) is 0 Å². The fourth-order valence-electron chi connectivity index (χ4n) is 2.25. The van der Waals surface area contributed by atoms with E-state index < -0.39 is 11.9 Å². The Morgan fingerprint density at radius 3 is 2.59 bits per heavy atom. The van der Waals surface area contributed by atoms with Gasteiger partial charge in [0.05, 0.1) is 11.1 Å². The average molecular weight is 358 g/mol. The second-order valence-electron chi connectivity index (χ2n) is 5.44. The molecule has 3 rings (SSSR count). The van der Waals surface area contributed by atoms with E-state index in [0.717, 1.165) is 0 Å². The molecule has 6 heteroatoms. The maximum absolute atomic E-state index is 12.2. The Kier molecular flexibility index (Phi) is 5.55. The van der Waals surface area contributed by atoms with Crippen LogP contribution in [-0.4, -0.2) is 16.9 Å². The van der Waals surface area contributed by atoms with Gasteiger partial charge in [0.15, 0.2) is 0 Å². The maximum atomic E-state index is 12.2. The number of hydrogen-bond donors (Lipinski definition) is 0. The molecule has 0 aliphatic heterocycles.